The molecule has 19 nitrogen and oxygen atoms in total. The molecule has 4 heterocycles. The van der Waals surface area contributed by atoms with E-state index < -0.39 is 117 Å². The van der Waals surface area contributed by atoms with Crippen LogP contribution in [0.1, 0.15) is 6.92 Å². The van der Waals surface area contributed by atoms with Crippen molar-refractivity contribution in [2.24, 2.45) is 0 Å². The summed E-state index contributed by atoms with van der Waals surface area (Å²) in [6.45, 7) is 0.106. The summed E-state index contributed by atoms with van der Waals surface area (Å²) in [5, 5.41) is 113. The maximum absolute atomic E-state index is 13.2. The van der Waals surface area contributed by atoms with Crippen molar-refractivity contribution in [1.29, 1.82) is 0 Å². The highest BCUT2D eigenvalue weighted by atomic mass is 16.7. The van der Waals surface area contributed by atoms with Crippen molar-refractivity contribution >= 4 is 11.0 Å². The Hall–Kier alpha value is -3.51. The maximum Gasteiger partial charge on any atom is 0.229 e. The van der Waals surface area contributed by atoms with Crippen LogP contribution in [0.3, 0.4) is 0 Å². The standard InChI is InChI=1S/C33H40O19/c1-11-30(52-33-28(44)24(40)22(38)18(8-34)50-33)26(42)29(45)31(48-11)47-10-19-23(39)25(41)27(43)32(51-19)49-14-6-16(36)20-17(7-14)46-9-15(21(20)37)12-2-4-13(35)5-3-12/h2-7,9,11,18-19,22-36,38-45H,8,10H2,1H3/t11-,18-,19+,22+,23+,24+,25-,26+,27+,28+,29-,30-,31-,32+,33+/m1/s1. The summed E-state index contributed by atoms with van der Waals surface area (Å²) in [6, 6.07) is 8.03. The molecule has 0 amide bonds. The van der Waals surface area contributed by atoms with Crippen LogP contribution in [0.15, 0.2) is 51.9 Å². The second-order valence-electron chi connectivity index (χ2n) is 12.8. The Bertz CT molecular complexity index is 1730. The van der Waals surface area contributed by atoms with E-state index in [1.807, 2.05) is 0 Å². The van der Waals surface area contributed by atoms with Crippen LogP contribution in [0.2, 0.25) is 0 Å². The van der Waals surface area contributed by atoms with Gasteiger partial charge in [0.15, 0.2) is 12.6 Å². The van der Waals surface area contributed by atoms with Crippen LogP contribution >= 0.6 is 0 Å². The summed E-state index contributed by atoms with van der Waals surface area (Å²) in [7, 11) is 0. The number of benzene rings is 2. The molecule has 52 heavy (non-hydrogen) atoms. The lowest BCUT2D eigenvalue weighted by Crippen LogP contribution is -2.64. The Morgan fingerprint density at radius 1 is 0.712 bits per heavy atom. The van der Waals surface area contributed by atoms with Gasteiger partial charge < -0.3 is 89.0 Å². The zero-order valence-corrected chi connectivity index (χ0v) is 27.3. The van der Waals surface area contributed by atoms with Crippen molar-refractivity contribution in [3.8, 4) is 28.4 Å². The van der Waals surface area contributed by atoms with Crippen LogP contribution in [0.5, 0.6) is 17.2 Å². The lowest BCUT2D eigenvalue weighted by Gasteiger charge is -2.46. The molecule has 19 heteroatoms. The highest BCUT2D eigenvalue weighted by molar-refractivity contribution is 5.88. The number of phenolic OH excluding ortho intramolecular Hbond substituents is 2. The van der Waals surface area contributed by atoms with Gasteiger partial charge in [-0.3, -0.25) is 4.79 Å². The lowest BCUT2D eigenvalue weighted by molar-refractivity contribution is -0.359. The van der Waals surface area contributed by atoms with Crippen LogP contribution in [-0.4, -0.2) is 162 Å². The molecule has 0 radical (unpaired) electrons. The fraction of sp³-hybridized carbons (Fsp3) is 0.545. The number of aliphatic hydroxyl groups is 9. The molecule has 6 rings (SSSR count). The third-order valence-electron chi connectivity index (χ3n) is 9.27. The van der Waals surface area contributed by atoms with E-state index in [4.69, 9.17) is 32.8 Å². The normalized spacial score (nSPS) is 38.3. The highest BCUT2D eigenvalue weighted by Crippen LogP contribution is 2.34. The molecule has 3 aliphatic heterocycles. The number of aliphatic hydroxyl groups excluding tert-OH is 9. The number of rotatable bonds is 9. The van der Waals surface area contributed by atoms with Gasteiger partial charge in [0.1, 0.15) is 102 Å². The van der Waals surface area contributed by atoms with Gasteiger partial charge in [-0.25, -0.2) is 0 Å². The second kappa shape index (κ2) is 15.5. The number of phenols is 2. The van der Waals surface area contributed by atoms with Crippen molar-refractivity contribution in [2.75, 3.05) is 13.2 Å². The fourth-order valence-corrected chi connectivity index (χ4v) is 6.26. The van der Waals surface area contributed by atoms with Gasteiger partial charge in [-0.05, 0) is 24.6 Å². The van der Waals surface area contributed by atoms with Crippen LogP contribution in [0.25, 0.3) is 22.1 Å². The van der Waals surface area contributed by atoms with Gasteiger partial charge in [-0.1, -0.05) is 12.1 Å². The Morgan fingerprint density at radius 3 is 2.00 bits per heavy atom. The summed E-state index contributed by atoms with van der Waals surface area (Å²) >= 11 is 0. The van der Waals surface area contributed by atoms with Gasteiger partial charge in [-0.2, -0.15) is 0 Å². The van der Waals surface area contributed by atoms with Gasteiger partial charge in [0, 0.05) is 12.1 Å². The Morgan fingerprint density at radius 2 is 1.33 bits per heavy atom. The molecule has 0 bridgehead atoms. The lowest BCUT2D eigenvalue weighted by atomic mass is 9.97. The predicted octanol–water partition coefficient (Wildman–Crippen LogP) is -3.27. The average molecular weight is 741 g/mol. The molecule has 0 spiro atoms. The molecule has 3 saturated heterocycles. The van der Waals surface area contributed by atoms with Crippen molar-refractivity contribution in [1.82, 2.24) is 0 Å². The van der Waals surface area contributed by atoms with Crippen LogP contribution < -0.4 is 10.2 Å². The Balaban J connectivity index is 1.11. The molecule has 3 aromatic rings. The predicted molar refractivity (Wildman–Crippen MR) is 169 cm³/mol. The zero-order valence-electron chi connectivity index (χ0n) is 27.3. The first-order valence-electron chi connectivity index (χ1n) is 16.2. The van der Waals surface area contributed by atoms with Gasteiger partial charge in [0.25, 0.3) is 0 Å². The van der Waals surface area contributed by atoms with Crippen LogP contribution in [0.4, 0.5) is 0 Å². The van der Waals surface area contributed by atoms with Crippen LogP contribution in [-0.2, 0) is 23.7 Å². The first-order valence-corrected chi connectivity index (χ1v) is 16.2. The molecule has 0 aliphatic carbocycles. The minimum Gasteiger partial charge on any atom is -0.508 e. The first-order chi connectivity index (χ1) is 24.7. The minimum atomic E-state index is -1.84. The molecule has 3 fully saturated rings. The zero-order chi connectivity index (χ0) is 37.6. The molecule has 3 aliphatic rings. The van der Waals surface area contributed by atoms with E-state index in [0.717, 1.165) is 12.3 Å². The quantitative estimate of drug-likeness (QED) is 0.102. The van der Waals surface area contributed by atoms with Gasteiger partial charge in [0.05, 0.1) is 24.9 Å². The number of aromatic hydroxyl groups is 2. The van der Waals surface area contributed by atoms with E-state index in [1.54, 1.807) is 0 Å². The number of fused-ring (bicyclic) bond motifs is 1. The number of ether oxygens (including phenoxy) is 6. The SMILES string of the molecule is C[C@H]1O[C@@H](OC[C@@H]2O[C@H](Oc3cc(O)c4c(=O)c(-c5ccc(O)cc5)coc4c3)[C@@H](O)[C@H](O)[C@H]2O)[C@H](O)[C@H](O)[C@@H]1O[C@@H]1O[C@H](CO)[C@H](O)[C@H](O)[C@@H]1O. The van der Waals surface area contributed by atoms with E-state index in [0.29, 0.717) is 5.56 Å². The molecule has 286 valence electrons. The molecule has 2 aromatic carbocycles. The van der Waals surface area contributed by atoms with Crippen molar-refractivity contribution in [3.63, 3.8) is 0 Å². The van der Waals surface area contributed by atoms with E-state index in [2.05, 4.69) is 0 Å². The monoisotopic (exact) mass is 740 g/mol. The third kappa shape index (κ3) is 7.34. The highest BCUT2D eigenvalue weighted by Gasteiger charge is 2.51. The van der Waals surface area contributed by atoms with E-state index in [-0.39, 0.29) is 28.0 Å². The fourth-order valence-electron chi connectivity index (χ4n) is 6.26. The summed E-state index contributed by atoms with van der Waals surface area (Å²) in [5.41, 5.74) is -0.158. The van der Waals surface area contributed by atoms with Crippen molar-refractivity contribution < 1.29 is 89.0 Å². The van der Waals surface area contributed by atoms with Crippen molar-refractivity contribution in [3.05, 3.63) is 52.9 Å². The summed E-state index contributed by atoms with van der Waals surface area (Å²) in [6.07, 6.45) is -23.0. The molecule has 1 aromatic heterocycles. The third-order valence-corrected chi connectivity index (χ3v) is 9.27. The van der Waals surface area contributed by atoms with E-state index in [1.165, 1.54) is 37.3 Å². The topological polar surface area (TPSA) is 308 Å². The minimum absolute atomic E-state index is 0.0123. The molecule has 15 atom stereocenters. The Labute approximate surface area is 293 Å². The summed E-state index contributed by atoms with van der Waals surface area (Å²) in [5.74, 6) is -0.717. The Kier molecular flexibility index (Phi) is 11.4. The summed E-state index contributed by atoms with van der Waals surface area (Å²) < 4.78 is 39.0. The van der Waals surface area contributed by atoms with E-state index in [9.17, 15) is 61.0 Å². The van der Waals surface area contributed by atoms with Gasteiger partial charge in [0.2, 0.25) is 11.7 Å². The number of hydrogen-bond acceptors (Lipinski definition) is 19. The van der Waals surface area contributed by atoms with E-state index >= 15 is 0 Å². The molecular formula is C33H40O19. The van der Waals surface area contributed by atoms with Gasteiger partial charge >= 0.3 is 0 Å². The molecular weight excluding hydrogens is 700 g/mol. The number of hydrogen-bond donors (Lipinski definition) is 11. The molecule has 0 saturated carbocycles. The molecule has 11 N–H and O–H groups in total. The molecule has 0 unspecified atom stereocenters. The van der Waals surface area contributed by atoms with Gasteiger partial charge in [-0.15, -0.1) is 0 Å². The van der Waals surface area contributed by atoms with Crippen LogP contribution in [0, 0.1) is 0 Å². The second-order valence-corrected chi connectivity index (χ2v) is 12.8. The smallest absolute Gasteiger partial charge is 0.229 e. The first kappa shape index (κ1) is 38.2. The van der Waals surface area contributed by atoms with Crippen molar-refractivity contribution in [2.45, 2.75) is 99.0 Å². The summed E-state index contributed by atoms with van der Waals surface area (Å²) in [4.78, 5) is 13.2. The maximum atomic E-state index is 13.2. The average Bonchev–Trinajstić information content (AvgIpc) is 3.12. The largest absolute Gasteiger partial charge is 0.508 e.